The van der Waals surface area contributed by atoms with Gasteiger partial charge in [-0.15, -0.1) is 0 Å². The molecule has 0 aromatic heterocycles. The molecular formula is C34H32O6. The zero-order chi connectivity index (χ0) is 27.6. The third-order valence-electron chi connectivity index (χ3n) is 6.59. The maximum absolute atomic E-state index is 13.0. The Hall–Kier alpha value is -4.55. The molecule has 1 aliphatic rings. The van der Waals surface area contributed by atoms with Crippen molar-refractivity contribution in [3.8, 4) is 17.2 Å². The summed E-state index contributed by atoms with van der Waals surface area (Å²) >= 11 is 0. The van der Waals surface area contributed by atoms with Crippen LogP contribution in [0.1, 0.15) is 23.1 Å². The van der Waals surface area contributed by atoms with E-state index in [1.807, 2.05) is 115 Å². The van der Waals surface area contributed by atoms with E-state index in [1.54, 1.807) is 7.11 Å². The van der Waals surface area contributed by atoms with Gasteiger partial charge in [0.25, 0.3) is 0 Å². The van der Waals surface area contributed by atoms with Crippen LogP contribution in [0.3, 0.4) is 0 Å². The molecule has 0 aliphatic carbocycles. The van der Waals surface area contributed by atoms with Gasteiger partial charge in [0.1, 0.15) is 30.5 Å². The second kappa shape index (κ2) is 13.0. The molecule has 40 heavy (non-hydrogen) atoms. The number of carbonyl (C=O) groups excluding carboxylic acids is 1. The summed E-state index contributed by atoms with van der Waals surface area (Å²) in [5, 5.41) is 0. The Kier molecular flexibility index (Phi) is 8.79. The first-order chi connectivity index (χ1) is 19.6. The summed E-state index contributed by atoms with van der Waals surface area (Å²) in [5.41, 5.74) is 2.65. The van der Waals surface area contributed by atoms with Crippen LogP contribution in [-0.2, 0) is 27.5 Å². The van der Waals surface area contributed by atoms with E-state index in [0.29, 0.717) is 31.0 Å². The van der Waals surface area contributed by atoms with E-state index in [4.69, 9.17) is 23.7 Å². The number of carbonyl (C=O) groups is 1. The van der Waals surface area contributed by atoms with Crippen molar-refractivity contribution < 1.29 is 28.5 Å². The molecule has 1 heterocycles. The van der Waals surface area contributed by atoms with Gasteiger partial charge in [0, 0.05) is 12.0 Å². The Morgan fingerprint density at radius 1 is 0.700 bits per heavy atom. The molecule has 5 rings (SSSR count). The van der Waals surface area contributed by atoms with Gasteiger partial charge in [-0.05, 0) is 59.2 Å². The van der Waals surface area contributed by atoms with E-state index in [9.17, 15) is 4.79 Å². The normalized spacial score (nSPS) is 17.4. The zero-order valence-corrected chi connectivity index (χ0v) is 22.5. The largest absolute Gasteiger partial charge is 0.497 e. The van der Waals surface area contributed by atoms with Crippen LogP contribution in [0.15, 0.2) is 115 Å². The summed E-state index contributed by atoms with van der Waals surface area (Å²) in [6.45, 7) is 1.26. The van der Waals surface area contributed by atoms with E-state index in [0.717, 1.165) is 28.2 Å². The van der Waals surface area contributed by atoms with Gasteiger partial charge in [0.15, 0.2) is 5.60 Å². The van der Waals surface area contributed by atoms with Crippen LogP contribution in [0, 0.1) is 0 Å². The summed E-state index contributed by atoms with van der Waals surface area (Å²) in [6.07, 6.45) is 2.22. The monoisotopic (exact) mass is 536 g/mol. The first-order valence-electron chi connectivity index (χ1n) is 13.2. The third-order valence-corrected chi connectivity index (χ3v) is 6.59. The molecule has 0 amide bonds. The van der Waals surface area contributed by atoms with Crippen molar-refractivity contribution in [2.75, 3.05) is 20.3 Å². The van der Waals surface area contributed by atoms with Gasteiger partial charge in [-0.1, -0.05) is 72.8 Å². The molecule has 0 saturated carbocycles. The van der Waals surface area contributed by atoms with Crippen LogP contribution in [0.2, 0.25) is 0 Å². The van der Waals surface area contributed by atoms with Crippen molar-refractivity contribution in [3.63, 3.8) is 0 Å². The van der Waals surface area contributed by atoms with Crippen LogP contribution in [0.4, 0.5) is 0 Å². The van der Waals surface area contributed by atoms with Gasteiger partial charge in [0.2, 0.25) is 0 Å². The molecular weight excluding hydrogens is 504 g/mol. The Balaban J connectivity index is 1.26. The molecule has 1 saturated heterocycles. The maximum Gasteiger partial charge on any atom is 0.334 e. The summed E-state index contributed by atoms with van der Waals surface area (Å²) in [4.78, 5) is 13.0. The topological polar surface area (TPSA) is 63.2 Å². The number of cyclic esters (lactones) is 1. The number of hydrogen-bond donors (Lipinski definition) is 0. The molecule has 0 radical (unpaired) electrons. The highest BCUT2D eigenvalue weighted by Gasteiger charge is 2.45. The van der Waals surface area contributed by atoms with Crippen LogP contribution in [0.25, 0.3) is 6.08 Å². The van der Waals surface area contributed by atoms with Crippen LogP contribution >= 0.6 is 0 Å². The van der Waals surface area contributed by atoms with Gasteiger partial charge in [0.05, 0.1) is 20.3 Å². The van der Waals surface area contributed by atoms with Gasteiger partial charge in [-0.2, -0.15) is 0 Å². The summed E-state index contributed by atoms with van der Waals surface area (Å²) in [7, 11) is 1.62. The molecule has 4 aromatic rings. The minimum atomic E-state index is -0.948. The molecule has 1 fully saturated rings. The molecule has 1 unspecified atom stereocenters. The number of hydrogen-bond acceptors (Lipinski definition) is 6. The quantitative estimate of drug-likeness (QED) is 0.149. The summed E-state index contributed by atoms with van der Waals surface area (Å²) < 4.78 is 29.2. The van der Waals surface area contributed by atoms with E-state index >= 15 is 0 Å². The average Bonchev–Trinajstić information content (AvgIpc) is 3.31. The fraction of sp³-hybridized carbons (Fsp3) is 0.206. The smallest absolute Gasteiger partial charge is 0.334 e. The summed E-state index contributed by atoms with van der Waals surface area (Å²) in [6, 6.07) is 34.9. The second-order valence-corrected chi connectivity index (χ2v) is 9.70. The number of benzene rings is 4. The number of ether oxygens (including phenoxy) is 5. The van der Waals surface area contributed by atoms with E-state index in [-0.39, 0.29) is 19.2 Å². The lowest BCUT2D eigenvalue weighted by molar-refractivity contribution is -0.156. The summed E-state index contributed by atoms with van der Waals surface area (Å²) in [5.74, 6) is 1.78. The maximum atomic E-state index is 13.0. The Morgan fingerprint density at radius 2 is 1.27 bits per heavy atom. The molecule has 0 spiro atoms. The van der Waals surface area contributed by atoms with Crippen molar-refractivity contribution in [1.29, 1.82) is 0 Å². The Bertz CT molecular complexity index is 1400. The highest BCUT2D eigenvalue weighted by Crippen LogP contribution is 2.34. The molecule has 6 nitrogen and oxygen atoms in total. The van der Waals surface area contributed by atoms with Gasteiger partial charge in [-0.25, -0.2) is 4.79 Å². The minimum absolute atomic E-state index is 0.156. The molecule has 0 bridgehead atoms. The lowest BCUT2D eigenvalue weighted by Crippen LogP contribution is -2.40. The highest BCUT2D eigenvalue weighted by molar-refractivity contribution is 5.96. The Morgan fingerprint density at radius 3 is 1.93 bits per heavy atom. The first kappa shape index (κ1) is 27.0. The van der Waals surface area contributed by atoms with Crippen molar-refractivity contribution in [3.05, 3.63) is 131 Å². The van der Waals surface area contributed by atoms with Gasteiger partial charge >= 0.3 is 5.97 Å². The Labute approximate surface area is 234 Å². The van der Waals surface area contributed by atoms with Crippen LogP contribution in [-0.4, -0.2) is 31.9 Å². The number of methoxy groups -OCH3 is 1. The highest BCUT2D eigenvalue weighted by atomic mass is 16.6. The van der Waals surface area contributed by atoms with Gasteiger partial charge in [-0.3, -0.25) is 0 Å². The van der Waals surface area contributed by atoms with Crippen molar-refractivity contribution in [2.45, 2.75) is 25.2 Å². The van der Waals surface area contributed by atoms with E-state index in [2.05, 4.69) is 0 Å². The second-order valence-electron chi connectivity index (χ2n) is 9.70. The van der Waals surface area contributed by atoms with Crippen LogP contribution in [0.5, 0.6) is 17.2 Å². The fourth-order valence-electron chi connectivity index (χ4n) is 4.45. The molecule has 4 aromatic carbocycles. The molecule has 0 N–H and O–H groups in total. The lowest BCUT2D eigenvalue weighted by Gasteiger charge is -2.27. The lowest BCUT2D eigenvalue weighted by atomic mass is 9.97. The fourth-order valence-corrected chi connectivity index (χ4v) is 4.45. The predicted octanol–water partition coefficient (Wildman–Crippen LogP) is 6.64. The molecule has 1 atom stereocenters. The third kappa shape index (κ3) is 7.30. The van der Waals surface area contributed by atoms with E-state index in [1.165, 1.54) is 0 Å². The average molecular weight is 537 g/mol. The van der Waals surface area contributed by atoms with Crippen molar-refractivity contribution in [1.82, 2.24) is 0 Å². The van der Waals surface area contributed by atoms with Crippen molar-refractivity contribution in [2.24, 2.45) is 0 Å². The predicted molar refractivity (Wildman–Crippen MR) is 153 cm³/mol. The van der Waals surface area contributed by atoms with Gasteiger partial charge < -0.3 is 23.7 Å². The first-order valence-corrected chi connectivity index (χ1v) is 13.2. The SMILES string of the molecule is COc1ccc(OCC2(COCc3ccccc3)C/C(=C\c3ccc(OCc4ccccc4)cc3)C(=O)O2)cc1. The molecule has 1 aliphatic heterocycles. The number of rotatable bonds is 12. The van der Waals surface area contributed by atoms with Crippen molar-refractivity contribution >= 4 is 12.0 Å². The molecule has 204 valence electrons. The number of esters is 1. The molecule has 6 heteroatoms. The zero-order valence-electron chi connectivity index (χ0n) is 22.5. The van der Waals surface area contributed by atoms with E-state index < -0.39 is 5.60 Å². The van der Waals surface area contributed by atoms with Crippen LogP contribution < -0.4 is 14.2 Å². The standard InChI is InChI=1S/C34H32O6/c1-36-30-16-18-32(19-17-30)39-25-34(24-37-22-27-8-4-2-5-9-27)21-29(33(35)40-34)20-26-12-14-31(15-13-26)38-23-28-10-6-3-7-11-28/h2-20H,21-25H2,1H3/b29-20+. The minimum Gasteiger partial charge on any atom is -0.497 e.